The highest BCUT2D eigenvalue weighted by Gasteiger charge is 2.45. The monoisotopic (exact) mass is 409 g/mol. The van der Waals surface area contributed by atoms with Gasteiger partial charge in [-0.25, -0.2) is 4.39 Å². The molecule has 3 rings (SSSR count). The quantitative estimate of drug-likeness (QED) is 0.505. The third-order valence-electron chi connectivity index (χ3n) is 3.42. The molecule has 114 valence electrons. The summed E-state index contributed by atoms with van der Waals surface area (Å²) < 4.78 is 21.7. The van der Waals surface area contributed by atoms with Gasteiger partial charge in [0.2, 0.25) is 5.95 Å². The average Bonchev–Trinajstić information content (AvgIpc) is 2.89. The van der Waals surface area contributed by atoms with Crippen molar-refractivity contribution in [3.8, 4) is 0 Å². The van der Waals surface area contributed by atoms with Crippen molar-refractivity contribution in [2.75, 3.05) is 18.1 Å². The van der Waals surface area contributed by atoms with Crippen LogP contribution in [0.4, 0.5) is 16.2 Å². The number of nitrogens with two attached hydrogens (primary N) is 2. The first-order valence-electron chi connectivity index (χ1n) is 6.11. The van der Waals surface area contributed by atoms with Crippen molar-refractivity contribution >= 4 is 45.4 Å². The molecule has 0 aliphatic carbocycles. The summed E-state index contributed by atoms with van der Waals surface area (Å²) >= 11 is 2.02. The smallest absolute Gasteiger partial charge is 0.223 e. The number of aliphatic hydroxyl groups is 2. The Morgan fingerprint density at radius 1 is 1.43 bits per heavy atom. The topological polar surface area (TPSA) is 132 Å². The fraction of sp³-hybridized carbons (Fsp3) is 0.455. The second-order valence-corrected chi connectivity index (χ2v) is 5.89. The van der Waals surface area contributed by atoms with Crippen LogP contribution in [-0.4, -0.2) is 49.7 Å². The number of nitrogens with zero attached hydrogens (tertiary/aromatic N) is 3. The van der Waals surface area contributed by atoms with Gasteiger partial charge in [-0.3, -0.25) is 0 Å². The van der Waals surface area contributed by atoms with Crippen LogP contribution in [0.1, 0.15) is 6.23 Å². The molecule has 6 N–H and O–H groups in total. The standard InChI is InChI=1S/C11H13FIN5O3/c12-6-7(20)4(2-19)21-10(6)18-1-3(13)5-8(14)16-11(15)17-9(5)18/h1,4,6-7,10,19-20H,2H2,(H4,14,15,16,17)/t4-,6+,7-,10-/m1/s1. The predicted molar refractivity (Wildman–Crippen MR) is 81.0 cm³/mol. The van der Waals surface area contributed by atoms with Crippen molar-refractivity contribution < 1.29 is 19.3 Å². The first-order valence-corrected chi connectivity index (χ1v) is 7.19. The number of nitrogen functional groups attached to an aromatic ring is 2. The van der Waals surface area contributed by atoms with Crippen LogP contribution < -0.4 is 11.5 Å². The fourth-order valence-corrected chi connectivity index (χ4v) is 3.24. The summed E-state index contributed by atoms with van der Waals surface area (Å²) in [6.45, 7) is -0.479. The maximum Gasteiger partial charge on any atom is 0.223 e. The second-order valence-electron chi connectivity index (χ2n) is 4.73. The minimum Gasteiger partial charge on any atom is -0.394 e. The molecule has 3 heterocycles. The summed E-state index contributed by atoms with van der Waals surface area (Å²) in [6.07, 6.45) is -3.62. The maximum absolute atomic E-state index is 14.2. The molecule has 4 atom stereocenters. The highest BCUT2D eigenvalue weighted by atomic mass is 127. The molecule has 0 radical (unpaired) electrons. The zero-order chi connectivity index (χ0) is 15.3. The van der Waals surface area contributed by atoms with E-state index in [1.54, 1.807) is 6.20 Å². The fourth-order valence-electron chi connectivity index (χ4n) is 2.42. The lowest BCUT2D eigenvalue weighted by atomic mass is 10.1. The van der Waals surface area contributed by atoms with Gasteiger partial charge in [-0.1, -0.05) is 0 Å². The first-order chi connectivity index (χ1) is 9.93. The van der Waals surface area contributed by atoms with E-state index in [-0.39, 0.29) is 11.8 Å². The molecule has 0 aromatic carbocycles. The maximum atomic E-state index is 14.2. The van der Waals surface area contributed by atoms with Gasteiger partial charge in [0.15, 0.2) is 18.0 Å². The van der Waals surface area contributed by atoms with Crippen molar-refractivity contribution in [3.05, 3.63) is 9.77 Å². The van der Waals surface area contributed by atoms with Gasteiger partial charge in [-0.2, -0.15) is 9.97 Å². The van der Waals surface area contributed by atoms with Gasteiger partial charge in [-0.05, 0) is 22.6 Å². The molecule has 1 aliphatic rings. The van der Waals surface area contributed by atoms with E-state index in [4.69, 9.17) is 21.3 Å². The van der Waals surface area contributed by atoms with Gasteiger partial charge >= 0.3 is 0 Å². The number of halogens is 2. The number of fused-ring (bicyclic) bond motifs is 1. The molecule has 0 amide bonds. The number of hydrogen-bond donors (Lipinski definition) is 4. The molecule has 1 fully saturated rings. The number of aliphatic hydroxyl groups excluding tert-OH is 2. The number of anilines is 2. The van der Waals surface area contributed by atoms with Crippen LogP contribution in [-0.2, 0) is 4.74 Å². The van der Waals surface area contributed by atoms with Gasteiger partial charge in [-0.15, -0.1) is 0 Å². The van der Waals surface area contributed by atoms with Crippen LogP contribution in [0.3, 0.4) is 0 Å². The molecule has 8 nitrogen and oxygen atoms in total. The van der Waals surface area contributed by atoms with E-state index in [0.29, 0.717) is 14.6 Å². The Morgan fingerprint density at radius 2 is 2.14 bits per heavy atom. The highest BCUT2D eigenvalue weighted by molar-refractivity contribution is 14.1. The van der Waals surface area contributed by atoms with Crippen molar-refractivity contribution in [2.24, 2.45) is 0 Å². The van der Waals surface area contributed by atoms with E-state index in [0.717, 1.165) is 0 Å². The van der Waals surface area contributed by atoms with Crippen LogP contribution in [0, 0.1) is 3.57 Å². The van der Waals surface area contributed by atoms with Crippen molar-refractivity contribution in [3.63, 3.8) is 0 Å². The SMILES string of the molecule is Nc1nc(N)c2c(I)cn([C@@H]3O[C@H](CO)[C@@H](O)[C@@H]3F)c2n1. The molecular formula is C11H13FIN5O3. The van der Waals surface area contributed by atoms with E-state index < -0.39 is 31.2 Å². The van der Waals surface area contributed by atoms with Gasteiger partial charge in [0.05, 0.1) is 12.0 Å². The lowest BCUT2D eigenvalue weighted by Gasteiger charge is -2.16. The molecule has 2 aromatic heterocycles. The minimum absolute atomic E-state index is 0.0385. The van der Waals surface area contributed by atoms with E-state index in [9.17, 15) is 9.50 Å². The normalized spacial score (nSPS) is 29.3. The largest absolute Gasteiger partial charge is 0.394 e. The lowest BCUT2D eigenvalue weighted by Crippen LogP contribution is -2.30. The summed E-state index contributed by atoms with van der Waals surface area (Å²) in [5.74, 6) is 0.150. The summed E-state index contributed by atoms with van der Waals surface area (Å²) in [5.41, 5.74) is 11.7. The molecule has 1 saturated heterocycles. The van der Waals surface area contributed by atoms with Crippen molar-refractivity contribution in [1.29, 1.82) is 0 Å². The summed E-state index contributed by atoms with van der Waals surface area (Å²) in [6, 6.07) is 0. The first kappa shape index (κ1) is 14.7. The third kappa shape index (κ3) is 2.22. The Labute approximate surface area is 132 Å². The van der Waals surface area contributed by atoms with Crippen LogP contribution in [0.2, 0.25) is 0 Å². The molecule has 0 unspecified atom stereocenters. The third-order valence-corrected chi connectivity index (χ3v) is 4.24. The number of alkyl halides is 1. The zero-order valence-electron chi connectivity index (χ0n) is 10.6. The number of hydrogen-bond acceptors (Lipinski definition) is 7. The van der Waals surface area contributed by atoms with Gasteiger partial charge in [0.25, 0.3) is 0 Å². The summed E-state index contributed by atoms with van der Waals surface area (Å²) in [7, 11) is 0. The van der Waals surface area contributed by atoms with Crippen LogP contribution >= 0.6 is 22.6 Å². The Balaban J connectivity index is 2.13. The van der Waals surface area contributed by atoms with Crippen LogP contribution in [0.5, 0.6) is 0 Å². The van der Waals surface area contributed by atoms with E-state index in [2.05, 4.69) is 9.97 Å². The number of rotatable bonds is 2. The van der Waals surface area contributed by atoms with Crippen LogP contribution in [0.25, 0.3) is 11.0 Å². The Morgan fingerprint density at radius 3 is 2.76 bits per heavy atom. The van der Waals surface area contributed by atoms with E-state index >= 15 is 0 Å². The Hall–Kier alpha value is -1.24. The summed E-state index contributed by atoms with van der Waals surface area (Å²) in [5, 5.41) is 19.4. The van der Waals surface area contributed by atoms with Gasteiger partial charge in [0.1, 0.15) is 18.0 Å². The Bertz CT molecular complexity index is 696. The molecule has 10 heteroatoms. The van der Waals surface area contributed by atoms with E-state index in [1.165, 1.54) is 4.57 Å². The van der Waals surface area contributed by atoms with Crippen molar-refractivity contribution in [1.82, 2.24) is 14.5 Å². The highest BCUT2D eigenvalue weighted by Crippen LogP contribution is 2.36. The average molecular weight is 409 g/mol. The molecule has 0 bridgehead atoms. The van der Waals surface area contributed by atoms with Crippen molar-refractivity contribution in [2.45, 2.75) is 24.6 Å². The van der Waals surface area contributed by atoms with E-state index in [1.807, 2.05) is 22.6 Å². The predicted octanol–water partition coefficient (Wildman–Crippen LogP) is -0.211. The van der Waals surface area contributed by atoms with Gasteiger partial charge < -0.3 is 31.0 Å². The summed E-state index contributed by atoms with van der Waals surface area (Å²) in [4.78, 5) is 7.94. The molecule has 21 heavy (non-hydrogen) atoms. The molecule has 2 aromatic rings. The second kappa shape index (κ2) is 5.19. The van der Waals surface area contributed by atoms with Crippen LogP contribution in [0.15, 0.2) is 6.20 Å². The molecule has 0 saturated carbocycles. The number of aromatic nitrogens is 3. The zero-order valence-corrected chi connectivity index (χ0v) is 12.8. The number of ether oxygens (including phenoxy) is 1. The Kier molecular flexibility index (Phi) is 3.63. The van der Waals surface area contributed by atoms with Gasteiger partial charge in [0, 0.05) is 9.77 Å². The minimum atomic E-state index is -1.70. The lowest BCUT2D eigenvalue weighted by molar-refractivity contribution is -0.0457. The molecular weight excluding hydrogens is 396 g/mol. The molecule has 0 spiro atoms. The molecule has 1 aliphatic heterocycles.